The number of nitrogens with zero attached hydrogens (tertiary/aromatic N) is 1. The van der Waals surface area contributed by atoms with Gasteiger partial charge in [-0.3, -0.25) is 14.3 Å². The fraction of sp³-hybridized carbons (Fsp3) is 0.0909. The normalized spacial score (nSPS) is 10.5. The summed E-state index contributed by atoms with van der Waals surface area (Å²) in [6.45, 7) is -0.140. The molecule has 6 heteroatoms. The molecule has 1 aromatic heterocycles. The smallest absolute Gasteiger partial charge is 0.296 e. The third-order valence-electron chi connectivity index (χ3n) is 2.27. The lowest BCUT2D eigenvalue weighted by molar-refractivity contribution is 0.494. The topological polar surface area (TPSA) is 54.9 Å². The predicted molar refractivity (Wildman–Crippen MR) is 56.8 cm³/mol. The van der Waals surface area contributed by atoms with E-state index in [1.54, 1.807) is 0 Å². The molecule has 4 nitrogen and oxygen atoms in total. The van der Waals surface area contributed by atoms with Gasteiger partial charge in [-0.05, 0) is 6.07 Å². The van der Waals surface area contributed by atoms with E-state index < -0.39 is 22.9 Å². The molecule has 2 aromatic rings. The fourth-order valence-corrected chi connectivity index (χ4v) is 1.42. The lowest BCUT2D eigenvalue weighted by atomic mass is 10.2. The van der Waals surface area contributed by atoms with Crippen LogP contribution in [0.1, 0.15) is 5.56 Å². The monoisotopic (exact) mass is 238 g/mol. The van der Waals surface area contributed by atoms with Crippen molar-refractivity contribution in [1.82, 2.24) is 9.55 Å². The highest BCUT2D eigenvalue weighted by atomic mass is 19.2. The van der Waals surface area contributed by atoms with Gasteiger partial charge in [-0.2, -0.15) is 0 Å². The van der Waals surface area contributed by atoms with Crippen molar-refractivity contribution in [3.8, 4) is 0 Å². The van der Waals surface area contributed by atoms with Crippen LogP contribution in [-0.2, 0) is 6.54 Å². The molecule has 17 heavy (non-hydrogen) atoms. The summed E-state index contributed by atoms with van der Waals surface area (Å²) < 4.78 is 27.3. The molecule has 0 aliphatic heterocycles. The zero-order valence-electron chi connectivity index (χ0n) is 8.61. The van der Waals surface area contributed by atoms with Crippen molar-refractivity contribution >= 4 is 0 Å². The number of aromatic nitrogens is 2. The van der Waals surface area contributed by atoms with Crippen molar-refractivity contribution in [2.24, 2.45) is 0 Å². The van der Waals surface area contributed by atoms with E-state index in [0.29, 0.717) is 0 Å². The molecule has 1 N–H and O–H groups in total. The van der Waals surface area contributed by atoms with Crippen LogP contribution in [0.25, 0.3) is 0 Å². The standard InChI is InChI=1S/C11H8F2N2O2/c12-8-3-1-2-7(10(8)13)6-15-5-4-9(16)14-11(15)17/h1-5H,6H2,(H,14,16,17). The van der Waals surface area contributed by atoms with Gasteiger partial charge >= 0.3 is 5.69 Å². The first-order valence-electron chi connectivity index (χ1n) is 4.80. The van der Waals surface area contributed by atoms with Gasteiger partial charge in [0.15, 0.2) is 11.6 Å². The molecule has 0 amide bonds. The van der Waals surface area contributed by atoms with Gasteiger partial charge in [-0.25, -0.2) is 13.6 Å². The summed E-state index contributed by atoms with van der Waals surface area (Å²) in [7, 11) is 0. The molecule has 0 unspecified atom stereocenters. The number of hydrogen-bond acceptors (Lipinski definition) is 2. The Balaban J connectivity index is 2.42. The molecule has 1 heterocycles. The second-order valence-electron chi connectivity index (χ2n) is 3.45. The Labute approximate surface area is 94.2 Å². The average molecular weight is 238 g/mol. The van der Waals surface area contributed by atoms with Crippen LogP contribution in [0.4, 0.5) is 8.78 Å². The van der Waals surface area contributed by atoms with Crippen molar-refractivity contribution in [2.45, 2.75) is 6.54 Å². The summed E-state index contributed by atoms with van der Waals surface area (Å²) in [5.74, 6) is -1.97. The SMILES string of the molecule is O=c1ccn(Cc2cccc(F)c2F)c(=O)[nH]1. The number of hydrogen-bond donors (Lipinski definition) is 1. The molecule has 0 aliphatic carbocycles. The Morgan fingerprint density at radius 2 is 1.94 bits per heavy atom. The second-order valence-corrected chi connectivity index (χ2v) is 3.45. The third-order valence-corrected chi connectivity index (χ3v) is 2.27. The Hall–Kier alpha value is -2.24. The third kappa shape index (κ3) is 2.30. The number of halogens is 2. The maximum atomic E-state index is 13.3. The van der Waals surface area contributed by atoms with E-state index in [2.05, 4.69) is 0 Å². The number of benzene rings is 1. The first-order valence-corrected chi connectivity index (χ1v) is 4.80. The van der Waals surface area contributed by atoms with E-state index in [1.165, 1.54) is 18.3 Å². The van der Waals surface area contributed by atoms with E-state index in [0.717, 1.165) is 16.7 Å². The molecule has 1 aromatic carbocycles. The lowest BCUT2D eigenvalue weighted by Crippen LogP contribution is -2.29. The zero-order chi connectivity index (χ0) is 12.4. The van der Waals surface area contributed by atoms with Gasteiger partial charge in [0, 0.05) is 17.8 Å². The van der Waals surface area contributed by atoms with Crippen molar-refractivity contribution in [3.63, 3.8) is 0 Å². The van der Waals surface area contributed by atoms with Gasteiger partial charge in [0.2, 0.25) is 0 Å². The molecule has 0 radical (unpaired) electrons. The van der Waals surface area contributed by atoms with Crippen molar-refractivity contribution in [3.05, 3.63) is 68.5 Å². The van der Waals surface area contributed by atoms with E-state index >= 15 is 0 Å². The minimum atomic E-state index is -0.995. The van der Waals surface area contributed by atoms with Crippen LogP contribution in [0.5, 0.6) is 0 Å². The zero-order valence-corrected chi connectivity index (χ0v) is 8.61. The Morgan fingerprint density at radius 1 is 1.18 bits per heavy atom. The summed E-state index contributed by atoms with van der Waals surface area (Å²) in [5, 5.41) is 0. The number of aromatic amines is 1. The molecule has 0 atom stereocenters. The van der Waals surface area contributed by atoms with Gasteiger partial charge in [-0.1, -0.05) is 12.1 Å². The summed E-state index contributed by atoms with van der Waals surface area (Å²) in [6.07, 6.45) is 1.23. The first-order chi connectivity index (χ1) is 8.08. The van der Waals surface area contributed by atoms with Crippen molar-refractivity contribution in [1.29, 1.82) is 0 Å². The van der Waals surface area contributed by atoms with Gasteiger partial charge in [0.05, 0.1) is 6.54 Å². The number of H-pyrrole nitrogens is 1. The van der Waals surface area contributed by atoms with Crippen molar-refractivity contribution < 1.29 is 8.78 Å². The molecule has 0 saturated heterocycles. The first kappa shape index (κ1) is 11.3. The molecular formula is C11H8F2N2O2. The highest BCUT2D eigenvalue weighted by Crippen LogP contribution is 2.11. The maximum Gasteiger partial charge on any atom is 0.328 e. The van der Waals surface area contributed by atoms with E-state index in [1.807, 2.05) is 4.98 Å². The summed E-state index contributed by atoms with van der Waals surface area (Å²) in [4.78, 5) is 24.2. The van der Waals surface area contributed by atoms with Gasteiger partial charge in [0.25, 0.3) is 5.56 Å². The number of rotatable bonds is 2. The van der Waals surface area contributed by atoms with E-state index in [9.17, 15) is 18.4 Å². The Kier molecular flexibility index (Phi) is 2.86. The maximum absolute atomic E-state index is 13.3. The van der Waals surface area contributed by atoms with E-state index in [4.69, 9.17) is 0 Å². The van der Waals surface area contributed by atoms with Crippen LogP contribution in [0.2, 0.25) is 0 Å². The molecule has 88 valence electrons. The fourth-order valence-electron chi connectivity index (χ4n) is 1.42. The minimum Gasteiger partial charge on any atom is -0.296 e. The van der Waals surface area contributed by atoms with Crippen LogP contribution in [0, 0.1) is 11.6 Å². The minimum absolute atomic E-state index is 0.0409. The van der Waals surface area contributed by atoms with Crippen LogP contribution in [-0.4, -0.2) is 9.55 Å². The quantitative estimate of drug-likeness (QED) is 0.843. The average Bonchev–Trinajstić information content (AvgIpc) is 2.28. The molecule has 0 aliphatic rings. The summed E-state index contributed by atoms with van der Waals surface area (Å²) in [6, 6.07) is 4.85. The van der Waals surface area contributed by atoms with Crippen molar-refractivity contribution in [2.75, 3.05) is 0 Å². The van der Waals surface area contributed by atoms with Gasteiger partial charge in [-0.15, -0.1) is 0 Å². The molecule has 0 fully saturated rings. The van der Waals surface area contributed by atoms with Crippen LogP contribution in [0.15, 0.2) is 40.1 Å². The highest BCUT2D eigenvalue weighted by Gasteiger charge is 2.08. The van der Waals surface area contributed by atoms with Gasteiger partial charge < -0.3 is 0 Å². The van der Waals surface area contributed by atoms with Crippen LogP contribution in [0.3, 0.4) is 0 Å². The lowest BCUT2D eigenvalue weighted by Gasteiger charge is -2.06. The summed E-state index contributed by atoms with van der Waals surface area (Å²) in [5.41, 5.74) is -1.16. The van der Waals surface area contributed by atoms with Crippen LogP contribution >= 0.6 is 0 Å². The molecule has 0 bridgehead atoms. The molecule has 0 saturated carbocycles. The van der Waals surface area contributed by atoms with Gasteiger partial charge in [0.1, 0.15) is 0 Å². The predicted octanol–water partition coefficient (Wildman–Crippen LogP) is 0.863. The molecule has 0 spiro atoms. The number of nitrogens with one attached hydrogen (secondary N) is 1. The summed E-state index contributed by atoms with van der Waals surface area (Å²) >= 11 is 0. The Bertz CT molecular complexity index is 661. The molecule has 2 rings (SSSR count). The second kappa shape index (κ2) is 4.32. The van der Waals surface area contributed by atoms with E-state index in [-0.39, 0.29) is 12.1 Å². The largest absolute Gasteiger partial charge is 0.328 e. The Morgan fingerprint density at radius 3 is 2.65 bits per heavy atom. The van der Waals surface area contributed by atoms with Crippen LogP contribution < -0.4 is 11.2 Å². The highest BCUT2D eigenvalue weighted by molar-refractivity contribution is 5.19. The molecular weight excluding hydrogens is 230 g/mol.